The molecular weight excluding hydrogens is 420 g/mol. The zero-order chi connectivity index (χ0) is 22.2. The van der Waals surface area contributed by atoms with E-state index in [1.165, 1.54) is 0 Å². The van der Waals surface area contributed by atoms with Gasteiger partial charge >= 0.3 is 0 Å². The number of amidine groups is 1. The van der Waals surface area contributed by atoms with Gasteiger partial charge in [0.25, 0.3) is 5.91 Å². The van der Waals surface area contributed by atoms with Gasteiger partial charge in [0.2, 0.25) is 0 Å². The third kappa shape index (κ3) is 6.04. The molecule has 32 heavy (non-hydrogen) atoms. The first-order chi connectivity index (χ1) is 15.7. The van der Waals surface area contributed by atoms with Crippen LogP contribution in [-0.4, -0.2) is 23.7 Å². The molecule has 0 saturated heterocycles. The quantitative estimate of drug-likeness (QED) is 0.399. The summed E-state index contributed by atoms with van der Waals surface area (Å²) in [7, 11) is 0. The lowest BCUT2D eigenvalue weighted by atomic mass is 10.2. The Kier molecular flexibility index (Phi) is 7.30. The molecule has 1 heterocycles. The summed E-state index contributed by atoms with van der Waals surface area (Å²) in [5.41, 5.74) is 2.43. The molecule has 1 aliphatic heterocycles. The molecule has 1 atom stereocenters. The summed E-state index contributed by atoms with van der Waals surface area (Å²) in [6.45, 7) is 2.55. The maximum absolute atomic E-state index is 12.6. The lowest BCUT2D eigenvalue weighted by Gasteiger charge is -2.09. The number of rotatable bonds is 9. The van der Waals surface area contributed by atoms with Crippen molar-refractivity contribution in [2.24, 2.45) is 15.2 Å². The van der Waals surface area contributed by atoms with Gasteiger partial charge in [-0.05, 0) is 60.5 Å². The number of thioether (sulfide) groups is 1. The molecule has 0 saturated carbocycles. The van der Waals surface area contributed by atoms with Crippen LogP contribution < -0.4 is 10.1 Å². The number of anilines is 1. The molecule has 162 valence electrons. The van der Waals surface area contributed by atoms with E-state index in [0.717, 1.165) is 34.2 Å². The molecule has 1 aliphatic rings. The van der Waals surface area contributed by atoms with Crippen molar-refractivity contribution >= 4 is 29.2 Å². The number of hydrogen-bond donors (Lipinski definition) is 1. The molecule has 4 rings (SSSR count). The van der Waals surface area contributed by atoms with Gasteiger partial charge in [-0.1, -0.05) is 37.3 Å². The van der Waals surface area contributed by atoms with Gasteiger partial charge in [-0.3, -0.25) is 4.79 Å². The summed E-state index contributed by atoms with van der Waals surface area (Å²) in [4.78, 5) is 18.1. The van der Waals surface area contributed by atoms with Crippen molar-refractivity contribution in [3.63, 3.8) is 0 Å². The molecule has 0 bridgehead atoms. The summed E-state index contributed by atoms with van der Waals surface area (Å²) in [5.74, 6) is 2.04. The molecular formula is C25H24N4O2S. The third-order valence-electron chi connectivity index (χ3n) is 4.81. The lowest BCUT2D eigenvalue weighted by Crippen LogP contribution is -2.11. The zero-order valence-electron chi connectivity index (χ0n) is 17.8. The van der Waals surface area contributed by atoms with Crippen molar-refractivity contribution in [1.82, 2.24) is 0 Å². The minimum atomic E-state index is -0.153. The first kappa shape index (κ1) is 21.8. The lowest BCUT2D eigenvalue weighted by molar-refractivity contribution is 0.102. The SMILES string of the molecule is CCC1N=NC(CSc2ccc(C(=O)Nc3ccc(OCc4ccccc4)cc3)cc2)=N1. The highest BCUT2D eigenvalue weighted by Gasteiger charge is 2.12. The second kappa shape index (κ2) is 10.7. The first-order valence-electron chi connectivity index (χ1n) is 10.5. The standard InChI is InChI=1S/C25H24N4O2S/c1-2-23-27-24(29-28-23)17-32-22-14-8-19(9-15-22)25(30)26-20-10-12-21(13-11-20)31-16-18-6-4-3-5-7-18/h3-15,23H,2,16-17H2,1H3,(H,26,30). The molecule has 0 aromatic heterocycles. The van der Waals surface area contributed by atoms with Crippen molar-refractivity contribution < 1.29 is 9.53 Å². The first-order valence-corrected chi connectivity index (χ1v) is 11.5. The van der Waals surface area contributed by atoms with E-state index in [9.17, 15) is 4.79 Å². The number of ether oxygens (including phenoxy) is 1. The van der Waals surface area contributed by atoms with E-state index in [0.29, 0.717) is 17.9 Å². The minimum absolute atomic E-state index is 0.0267. The molecule has 1 N–H and O–H groups in total. The summed E-state index contributed by atoms with van der Waals surface area (Å²) in [5, 5.41) is 11.1. The van der Waals surface area contributed by atoms with Crippen LogP contribution in [0.3, 0.4) is 0 Å². The fourth-order valence-corrected chi connectivity index (χ4v) is 3.78. The number of aliphatic imine (C=N–C) groups is 1. The van der Waals surface area contributed by atoms with E-state index in [4.69, 9.17) is 4.74 Å². The van der Waals surface area contributed by atoms with Gasteiger partial charge in [0.1, 0.15) is 12.4 Å². The second-order valence-electron chi connectivity index (χ2n) is 7.22. The predicted molar refractivity (Wildman–Crippen MR) is 129 cm³/mol. The molecule has 0 radical (unpaired) electrons. The maximum Gasteiger partial charge on any atom is 0.255 e. The summed E-state index contributed by atoms with van der Waals surface area (Å²) in [6, 6.07) is 24.9. The van der Waals surface area contributed by atoms with Gasteiger partial charge in [0, 0.05) is 16.1 Å². The highest BCUT2D eigenvalue weighted by molar-refractivity contribution is 8.00. The molecule has 1 amide bonds. The molecule has 0 spiro atoms. The monoisotopic (exact) mass is 444 g/mol. The molecule has 6 nitrogen and oxygen atoms in total. The van der Waals surface area contributed by atoms with Crippen LogP contribution in [0.1, 0.15) is 29.3 Å². The van der Waals surface area contributed by atoms with Crippen LogP contribution in [0.25, 0.3) is 0 Å². The molecule has 7 heteroatoms. The molecule has 0 aliphatic carbocycles. The summed E-state index contributed by atoms with van der Waals surface area (Å²) in [6.07, 6.45) is 0.839. The predicted octanol–water partition coefficient (Wildman–Crippen LogP) is 6.21. The smallest absolute Gasteiger partial charge is 0.255 e. The van der Waals surface area contributed by atoms with Crippen molar-refractivity contribution in [2.45, 2.75) is 31.0 Å². The Hall–Kier alpha value is -3.45. The van der Waals surface area contributed by atoms with Gasteiger partial charge in [0.05, 0.1) is 5.75 Å². The minimum Gasteiger partial charge on any atom is -0.489 e. The van der Waals surface area contributed by atoms with E-state index in [-0.39, 0.29) is 12.1 Å². The number of azo groups is 1. The van der Waals surface area contributed by atoms with Crippen LogP contribution in [0.2, 0.25) is 0 Å². The van der Waals surface area contributed by atoms with Gasteiger partial charge in [-0.15, -0.1) is 16.9 Å². The van der Waals surface area contributed by atoms with E-state index in [1.54, 1.807) is 11.8 Å². The zero-order valence-corrected chi connectivity index (χ0v) is 18.6. The number of benzene rings is 3. The highest BCUT2D eigenvalue weighted by Crippen LogP contribution is 2.22. The number of nitrogens with zero attached hydrogens (tertiary/aromatic N) is 3. The van der Waals surface area contributed by atoms with Crippen molar-refractivity contribution in [3.8, 4) is 5.75 Å². The van der Waals surface area contributed by atoms with Crippen molar-refractivity contribution in [1.29, 1.82) is 0 Å². The normalized spacial score (nSPS) is 14.8. The van der Waals surface area contributed by atoms with Gasteiger partial charge in [-0.25, -0.2) is 4.99 Å². The molecule has 1 unspecified atom stereocenters. The summed E-state index contributed by atoms with van der Waals surface area (Å²) >= 11 is 1.63. The fraction of sp³-hybridized carbons (Fsp3) is 0.200. The average Bonchev–Trinajstić information content (AvgIpc) is 3.31. The van der Waals surface area contributed by atoms with Gasteiger partial charge in [0.15, 0.2) is 12.0 Å². The van der Waals surface area contributed by atoms with Crippen LogP contribution in [-0.2, 0) is 6.61 Å². The molecule has 0 fully saturated rings. The second-order valence-corrected chi connectivity index (χ2v) is 8.26. The van der Waals surface area contributed by atoms with Crippen LogP contribution in [0.15, 0.2) is 99.0 Å². The van der Waals surface area contributed by atoms with Crippen molar-refractivity contribution in [3.05, 3.63) is 90.0 Å². The Balaban J connectivity index is 1.26. The largest absolute Gasteiger partial charge is 0.489 e. The van der Waals surface area contributed by atoms with Crippen LogP contribution in [0.5, 0.6) is 5.75 Å². The van der Waals surface area contributed by atoms with Crippen LogP contribution >= 0.6 is 11.8 Å². The van der Waals surface area contributed by atoms with Crippen molar-refractivity contribution in [2.75, 3.05) is 11.1 Å². The average molecular weight is 445 g/mol. The van der Waals surface area contributed by atoms with E-state index in [2.05, 4.69) is 20.5 Å². The molecule has 3 aromatic rings. The van der Waals surface area contributed by atoms with E-state index in [1.807, 2.05) is 85.8 Å². The fourth-order valence-electron chi connectivity index (χ4n) is 3.03. The number of nitrogens with one attached hydrogen (secondary N) is 1. The number of carbonyl (C=O) groups excluding carboxylic acids is 1. The van der Waals surface area contributed by atoms with E-state index >= 15 is 0 Å². The Morgan fingerprint density at radius 2 is 1.75 bits per heavy atom. The third-order valence-corrected chi connectivity index (χ3v) is 5.82. The maximum atomic E-state index is 12.6. The molecule has 3 aromatic carbocycles. The Labute approximate surface area is 191 Å². The topological polar surface area (TPSA) is 75.4 Å². The van der Waals surface area contributed by atoms with Crippen LogP contribution in [0, 0.1) is 0 Å². The van der Waals surface area contributed by atoms with Gasteiger partial charge < -0.3 is 10.1 Å². The highest BCUT2D eigenvalue weighted by atomic mass is 32.2. The summed E-state index contributed by atoms with van der Waals surface area (Å²) < 4.78 is 5.79. The Bertz CT molecular complexity index is 1100. The van der Waals surface area contributed by atoms with E-state index < -0.39 is 0 Å². The van der Waals surface area contributed by atoms with Crippen LogP contribution in [0.4, 0.5) is 5.69 Å². The Morgan fingerprint density at radius 1 is 1.00 bits per heavy atom. The van der Waals surface area contributed by atoms with Gasteiger partial charge in [-0.2, -0.15) is 5.11 Å². The number of amides is 1. The Morgan fingerprint density at radius 3 is 2.44 bits per heavy atom. The number of carbonyl (C=O) groups is 1. The number of hydrogen-bond acceptors (Lipinski definition) is 6.